The zero-order chi connectivity index (χ0) is 15.8. The molecule has 0 amide bonds. The highest BCUT2D eigenvalue weighted by molar-refractivity contribution is 5.11. The molecular weight excluding hydrogens is 274 g/mol. The van der Waals surface area contributed by atoms with Crippen molar-refractivity contribution in [3.05, 3.63) is 0 Å². The third-order valence-corrected chi connectivity index (χ3v) is 7.48. The molecule has 3 rings (SSSR count). The van der Waals surface area contributed by atoms with Gasteiger partial charge in [-0.2, -0.15) is 0 Å². The first-order valence-corrected chi connectivity index (χ1v) is 9.46. The van der Waals surface area contributed by atoms with E-state index in [9.17, 15) is 5.11 Å². The summed E-state index contributed by atoms with van der Waals surface area (Å²) in [5.41, 5.74) is 0.755. The molecule has 3 aliphatic carbocycles. The number of aliphatic hydroxyl groups excluding tert-OH is 1. The molecule has 3 fully saturated rings. The molecular formula is C19H35NO2. The van der Waals surface area contributed by atoms with Crippen molar-refractivity contribution in [2.75, 3.05) is 13.2 Å². The minimum atomic E-state index is -0.264. The van der Waals surface area contributed by atoms with Gasteiger partial charge in [0.1, 0.15) is 0 Å². The van der Waals surface area contributed by atoms with Crippen LogP contribution in [-0.4, -0.2) is 36.5 Å². The lowest BCUT2D eigenvalue weighted by atomic mass is 9.70. The van der Waals surface area contributed by atoms with Gasteiger partial charge >= 0.3 is 0 Å². The van der Waals surface area contributed by atoms with Crippen molar-refractivity contribution >= 4 is 0 Å². The average Bonchev–Trinajstić information content (AvgIpc) is 3.11. The zero-order valence-electron chi connectivity index (χ0n) is 14.7. The monoisotopic (exact) mass is 309 g/mol. The Morgan fingerprint density at radius 3 is 2.50 bits per heavy atom. The predicted molar refractivity (Wildman–Crippen MR) is 89.9 cm³/mol. The number of rotatable bonds is 7. The fourth-order valence-corrected chi connectivity index (χ4v) is 5.26. The van der Waals surface area contributed by atoms with Gasteiger partial charge in [-0.1, -0.05) is 33.6 Å². The molecule has 2 bridgehead atoms. The third kappa shape index (κ3) is 2.97. The van der Waals surface area contributed by atoms with Crippen LogP contribution in [0.1, 0.15) is 72.1 Å². The fourth-order valence-electron chi connectivity index (χ4n) is 5.26. The summed E-state index contributed by atoms with van der Waals surface area (Å²) in [6.45, 7) is 8.70. The summed E-state index contributed by atoms with van der Waals surface area (Å²) in [5, 5.41) is 13.6. The predicted octanol–water partition coefficient (Wildman–Crippen LogP) is 3.50. The molecule has 3 nitrogen and oxygen atoms in total. The second-order valence-electron chi connectivity index (χ2n) is 8.80. The van der Waals surface area contributed by atoms with Gasteiger partial charge in [-0.05, 0) is 55.3 Å². The number of fused-ring (bicyclic) bond motifs is 2. The molecule has 0 aromatic rings. The van der Waals surface area contributed by atoms with E-state index in [1.807, 2.05) is 0 Å². The summed E-state index contributed by atoms with van der Waals surface area (Å²) in [7, 11) is 0. The Morgan fingerprint density at radius 1 is 1.18 bits per heavy atom. The number of hydrogen-bond acceptors (Lipinski definition) is 3. The topological polar surface area (TPSA) is 41.5 Å². The second-order valence-corrected chi connectivity index (χ2v) is 8.80. The Balaban J connectivity index is 1.37. The molecule has 0 spiro atoms. The van der Waals surface area contributed by atoms with Crippen molar-refractivity contribution in [3.8, 4) is 0 Å². The lowest BCUT2D eigenvalue weighted by Gasteiger charge is -2.39. The van der Waals surface area contributed by atoms with E-state index in [1.54, 1.807) is 0 Å². The third-order valence-electron chi connectivity index (χ3n) is 7.48. The molecule has 0 radical (unpaired) electrons. The largest absolute Gasteiger partial charge is 0.392 e. The number of nitrogens with one attached hydrogen (secondary N) is 1. The highest BCUT2D eigenvalue weighted by atomic mass is 16.5. The van der Waals surface area contributed by atoms with Crippen LogP contribution in [0.15, 0.2) is 0 Å². The summed E-state index contributed by atoms with van der Waals surface area (Å²) in [5.74, 6) is 0.830. The van der Waals surface area contributed by atoms with E-state index in [0.717, 1.165) is 18.9 Å². The Bertz CT molecular complexity index is 378. The number of aliphatic hydroxyl groups is 1. The molecule has 4 atom stereocenters. The van der Waals surface area contributed by atoms with Gasteiger partial charge in [-0.3, -0.25) is 0 Å². The first kappa shape index (κ1) is 16.7. The van der Waals surface area contributed by atoms with E-state index in [-0.39, 0.29) is 6.10 Å². The van der Waals surface area contributed by atoms with Crippen molar-refractivity contribution in [1.29, 1.82) is 0 Å². The Labute approximate surface area is 136 Å². The van der Waals surface area contributed by atoms with Crippen LogP contribution < -0.4 is 5.32 Å². The smallest absolute Gasteiger partial charge is 0.0686 e. The normalized spacial score (nSPS) is 38.7. The van der Waals surface area contributed by atoms with E-state index in [0.29, 0.717) is 29.6 Å². The Hall–Kier alpha value is -0.120. The van der Waals surface area contributed by atoms with Gasteiger partial charge in [0.2, 0.25) is 0 Å². The number of ether oxygens (including phenoxy) is 1. The van der Waals surface area contributed by atoms with Crippen LogP contribution in [0.3, 0.4) is 0 Å². The van der Waals surface area contributed by atoms with E-state index >= 15 is 0 Å². The van der Waals surface area contributed by atoms with Gasteiger partial charge in [-0.25, -0.2) is 0 Å². The fraction of sp³-hybridized carbons (Fsp3) is 1.00. The molecule has 0 aliphatic heterocycles. The highest BCUT2D eigenvalue weighted by Gasteiger charge is 2.61. The van der Waals surface area contributed by atoms with Gasteiger partial charge in [0.15, 0.2) is 0 Å². The van der Waals surface area contributed by atoms with Gasteiger partial charge in [0, 0.05) is 19.2 Å². The molecule has 128 valence electrons. The lowest BCUT2D eigenvalue weighted by Crippen LogP contribution is -2.38. The first-order chi connectivity index (χ1) is 10.4. The standard InChI is InChI=1S/C19H35NO2/c1-18(2)14-8-10-19(18,3)17(12-14)22-11-9-16(21)13-20-15-6-4-5-7-15/h14-17,20-21H,4-13H2,1-3H3/t14-,16-,17+,19-/m0/s1. The van der Waals surface area contributed by atoms with Crippen LogP contribution in [0.5, 0.6) is 0 Å². The summed E-state index contributed by atoms with van der Waals surface area (Å²) >= 11 is 0. The van der Waals surface area contributed by atoms with Crippen LogP contribution >= 0.6 is 0 Å². The average molecular weight is 309 g/mol. The molecule has 22 heavy (non-hydrogen) atoms. The van der Waals surface area contributed by atoms with Crippen LogP contribution in [0.25, 0.3) is 0 Å². The van der Waals surface area contributed by atoms with E-state index < -0.39 is 0 Å². The maximum atomic E-state index is 10.1. The minimum absolute atomic E-state index is 0.264. The maximum absolute atomic E-state index is 10.1. The highest BCUT2D eigenvalue weighted by Crippen LogP contribution is 2.66. The van der Waals surface area contributed by atoms with Crippen LogP contribution in [0, 0.1) is 16.7 Å². The van der Waals surface area contributed by atoms with Crippen molar-refractivity contribution in [3.63, 3.8) is 0 Å². The molecule has 0 unspecified atom stereocenters. The van der Waals surface area contributed by atoms with Crippen molar-refractivity contribution in [2.24, 2.45) is 16.7 Å². The zero-order valence-corrected chi connectivity index (χ0v) is 14.7. The van der Waals surface area contributed by atoms with Gasteiger partial charge in [0.25, 0.3) is 0 Å². The van der Waals surface area contributed by atoms with Crippen LogP contribution in [0.2, 0.25) is 0 Å². The van der Waals surface area contributed by atoms with Crippen LogP contribution in [-0.2, 0) is 4.74 Å². The summed E-state index contributed by atoms with van der Waals surface area (Å²) < 4.78 is 6.23. The molecule has 0 heterocycles. The van der Waals surface area contributed by atoms with Crippen molar-refractivity contribution < 1.29 is 9.84 Å². The van der Waals surface area contributed by atoms with E-state index in [2.05, 4.69) is 26.1 Å². The molecule has 0 aromatic heterocycles. The summed E-state index contributed by atoms with van der Waals surface area (Å²) in [6.07, 6.45) is 10.0. The summed E-state index contributed by atoms with van der Waals surface area (Å²) in [6, 6.07) is 0.640. The minimum Gasteiger partial charge on any atom is -0.392 e. The van der Waals surface area contributed by atoms with E-state index in [1.165, 1.54) is 44.9 Å². The summed E-state index contributed by atoms with van der Waals surface area (Å²) in [4.78, 5) is 0. The maximum Gasteiger partial charge on any atom is 0.0686 e. The SMILES string of the molecule is CC1(C)[C@H]2CC[C@@]1(C)[C@H](OCC[C@H](O)CNC1CCCC1)C2. The molecule has 2 N–H and O–H groups in total. The quantitative estimate of drug-likeness (QED) is 0.756. The molecule has 0 saturated heterocycles. The van der Waals surface area contributed by atoms with Crippen LogP contribution in [0.4, 0.5) is 0 Å². The molecule has 3 aliphatic rings. The van der Waals surface area contributed by atoms with E-state index in [4.69, 9.17) is 4.74 Å². The Morgan fingerprint density at radius 2 is 1.91 bits per heavy atom. The first-order valence-electron chi connectivity index (χ1n) is 9.46. The van der Waals surface area contributed by atoms with Gasteiger partial charge < -0.3 is 15.2 Å². The number of hydrogen-bond donors (Lipinski definition) is 2. The van der Waals surface area contributed by atoms with Gasteiger partial charge in [-0.15, -0.1) is 0 Å². The molecule has 3 heteroatoms. The lowest BCUT2D eigenvalue weighted by molar-refractivity contribution is -0.0546. The van der Waals surface area contributed by atoms with Crippen molar-refractivity contribution in [1.82, 2.24) is 5.32 Å². The molecule has 0 aromatic carbocycles. The Kier molecular flexibility index (Phi) is 4.87. The van der Waals surface area contributed by atoms with Gasteiger partial charge in [0.05, 0.1) is 12.2 Å². The van der Waals surface area contributed by atoms with Crippen molar-refractivity contribution in [2.45, 2.75) is 90.4 Å². The molecule has 3 saturated carbocycles. The second kappa shape index (κ2) is 6.41.